The van der Waals surface area contributed by atoms with Gasteiger partial charge in [0.2, 0.25) is 0 Å². The third-order valence-corrected chi connectivity index (χ3v) is 6.63. The summed E-state index contributed by atoms with van der Waals surface area (Å²) in [5.74, 6) is 0.118. The first-order valence-electron chi connectivity index (χ1n) is 10.6. The molecule has 0 saturated carbocycles. The minimum Gasteiger partial charge on any atom is -0.395 e. The Morgan fingerprint density at radius 3 is 2.73 bits per heavy atom. The second-order valence-corrected chi connectivity index (χ2v) is 9.36. The Labute approximate surface area is 201 Å². The Morgan fingerprint density at radius 1 is 1.18 bits per heavy atom. The van der Waals surface area contributed by atoms with Crippen molar-refractivity contribution in [1.82, 2.24) is 14.3 Å². The molecule has 0 radical (unpaired) electrons. The summed E-state index contributed by atoms with van der Waals surface area (Å²) >= 11 is 6.64. The van der Waals surface area contributed by atoms with Crippen molar-refractivity contribution in [2.75, 3.05) is 25.0 Å². The van der Waals surface area contributed by atoms with Gasteiger partial charge in [-0.15, -0.1) is 0 Å². The summed E-state index contributed by atoms with van der Waals surface area (Å²) in [7, 11) is 0. The molecule has 0 unspecified atom stereocenters. The van der Waals surface area contributed by atoms with E-state index in [9.17, 15) is 14.7 Å². The molecule has 2 N–H and O–H groups in total. The largest absolute Gasteiger partial charge is 0.395 e. The molecule has 0 spiro atoms. The number of amides is 1. The van der Waals surface area contributed by atoms with Gasteiger partial charge in [0.15, 0.2) is 0 Å². The second kappa shape index (κ2) is 10.3. The molecule has 0 atom stereocenters. The molecule has 1 amide bonds. The van der Waals surface area contributed by atoms with E-state index in [4.69, 9.17) is 12.2 Å². The maximum Gasteiger partial charge on any atom is 0.267 e. The van der Waals surface area contributed by atoms with E-state index in [0.717, 1.165) is 18.4 Å². The molecule has 1 saturated heterocycles. The van der Waals surface area contributed by atoms with E-state index in [2.05, 4.69) is 22.4 Å². The smallest absolute Gasteiger partial charge is 0.267 e. The van der Waals surface area contributed by atoms with Crippen molar-refractivity contribution in [2.24, 2.45) is 0 Å². The van der Waals surface area contributed by atoms with Crippen molar-refractivity contribution < 1.29 is 9.90 Å². The quantitative estimate of drug-likeness (QED) is 0.378. The van der Waals surface area contributed by atoms with Gasteiger partial charge in [0.25, 0.3) is 11.5 Å². The van der Waals surface area contributed by atoms with Crippen molar-refractivity contribution in [1.29, 1.82) is 0 Å². The molecule has 1 fully saturated rings. The summed E-state index contributed by atoms with van der Waals surface area (Å²) in [6.45, 7) is 2.53. The third-order valence-electron chi connectivity index (χ3n) is 5.25. The summed E-state index contributed by atoms with van der Waals surface area (Å²) in [6.07, 6.45) is 4.90. The van der Waals surface area contributed by atoms with E-state index < -0.39 is 0 Å². The van der Waals surface area contributed by atoms with E-state index in [1.165, 1.54) is 21.7 Å². The van der Waals surface area contributed by atoms with Crippen LogP contribution in [0, 0.1) is 6.92 Å². The van der Waals surface area contributed by atoms with Crippen molar-refractivity contribution in [3.05, 3.63) is 80.6 Å². The lowest BCUT2D eigenvalue weighted by atomic mass is 10.1. The highest BCUT2D eigenvalue weighted by Crippen LogP contribution is 2.33. The molecule has 4 rings (SSSR count). The third kappa shape index (κ3) is 5.16. The number of anilines is 1. The lowest BCUT2D eigenvalue weighted by Gasteiger charge is -2.14. The van der Waals surface area contributed by atoms with Crippen LogP contribution < -0.4 is 10.9 Å². The number of hydrogen-bond donors (Lipinski definition) is 2. The maximum atomic E-state index is 13.3. The number of nitrogens with one attached hydrogen (secondary N) is 1. The van der Waals surface area contributed by atoms with Crippen molar-refractivity contribution >= 4 is 51.7 Å². The van der Waals surface area contributed by atoms with Crippen LogP contribution in [0.25, 0.3) is 11.7 Å². The molecular weight excluding hydrogens is 456 g/mol. The Bertz CT molecular complexity index is 1290. The second-order valence-electron chi connectivity index (χ2n) is 7.69. The average Bonchev–Trinajstić information content (AvgIpc) is 3.08. The Kier molecular flexibility index (Phi) is 7.22. The number of benzene rings is 1. The highest BCUT2D eigenvalue weighted by molar-refractivity contribution is 8.26. The van der Waals surface area contributed by atoms with Gasteiger partial charge in [-0.25, -0.2) is 4.98 Å². The van der Waals surface area contributed by atoms with Gasteiger partial charge >= 0.3 is 0 Å². The molecule has 3 heterocycles. The zero-order chi connectivity index (χ0) is 23.4. The number of pyridine rings is 1. The lowest BCUT2D eigenvalue weighted by Crippen LogP contribution is -2.29. The highest BCUT2D eigenvalue weighted by atomic mass is 32.2. The molecule has 3 aromatic rings. The minimum atomic E-state index is -0.293. The molecule has 0 bridgehead atoms. The molecule has 170 valence electrons. The predicted molar refractivity (Wildman–Crippen MR) is 136 cm³/mol. The molecule has 9 heteroatoms. The van der Waals surface area contributed by atoms with E-state index in [1.54, 1.807) is 23.2 Å². The van der Waals surface area contributed by atoms with Crippen LogP contribution >= 0.6 is 24.0 Å². The lowest BCUT2D eigenvalue weighted by molar-refractivity contribution is -0.122. The first kappa shape index (κ1) is 23.2. The van der Waals surface area contributed by atoms with Gasteiger partial charge in [-0.1, -0.05) is 60.4 Å². The van der Waals surface area contributed by atoms with Gasteiger partial charge in [-0.05, 0) is 43.0 Å². The maximum absolute atomic E-state index is 13.3. The Balaban J connectivity index is 1.61. The van der Waals surface area contributed by atoms with E-state index in [0.29, 0.717) is 27.2 Å². The first-order chi connectivity index (χ1) is 16.0. The first-order valence-corrected chi connectivity index (χ1v) is 11.9. The van der Waals surface area contributed by atoms with Gasteiger partial charge in [0.05, 0.1) is 17.1 Å². The van der Waals surface area contributed by atoms with Gasteiger partial charge in [0, 0.05) is 19.3 Å². The van der Waals surface area contributed by atoms with E-state index in [-0.39, 0.29) is 30.2 Å². The van der Waals surface area contributed by atoms with Gasteiger partial charge in [-0.3, -0.25) is 18.9 Å². The number of fused-ring (bicyclic) bond motifs is 1. The van der Waals surface area contributed by atoms with Crippen LogP contribution in [-0.2, 0) is 11.2 Å². The summed E-state index contributed by atoms with van der Waals surface area (Å²) in [4.78, 5) is 32.8. The molecule has 33 heavy (non-hydrogen) atoms. The highest BCUT2D eigenvalue weighted by Gasteiger charge is 2.32. The number of nitrogens with zero attached hydrogens (tertiary/aromatic N) is 3. The SMILES string of the molecule is Cc1ccc2nc(NCCO)c(/C=C3\SC(=S)N(CCCc4ccccc4)C3=O)c(=O)n2c1. The molecule has 2 aromatic heterocycles. The fourth-order valence-electron chi connectivity index (χ4n) is 3.61. The van der Waals surface area contributed by atoms with Gasteiger partial charge in [-0.2, -0.15) is 0 Å². The van der Waals surface area contributed by atoms with Crippen LogP contribution in [0.3, 0.4) is 0 Å². The van der Waals surface area contributed by atoms with Gasteiger partial charge < -0.3 is 10.4 Å². The van der Waals surface area contributed by atoms with Crippen LogP contribution in [0.5, 0.6) is 0 Å². The summed E-state index contributed by atoms with van der Waals surface area (Å²) in [5.41, 5.74) is 2.58. The minimum absolute atomic E-state index is 0.113. The molecule has 1 aliphatic rings. The number of rotatable bonds is 8. The molecule has 1 aliphatic heterocycles. The number of aliphatic hydroxyl groups excluding tert-OH is 1. The summed E-state index contributed by atoms with van der Waals surface area (Å²) < 4.78 is 1.94. The standard InChI is InChI=1S/C24H24N4O3S2/c1-16-9-10-20-26-21(25-11-13-29)18(22(30)28(20)15-16)14-19-23(31)27(24(32)33-19)12-5-8-17-6-3-2-4-7-17/h2-4,6-7,9-10,14-15,25,29H,5,8,11-13H2,1H3/b19-14-. The molecule has 0 aliphatic carbocycles. The van der Waals surface area contributed by atoms with E-state index >= 15 is 0 Å². The molecular formula is C24H24N4O3S2. The fourth-order valence-corrected chi connectivity index (χ4v) is 4.90. The number of thioether (sulfide) groups is 1. The molecule has 1 aromatic carbocycles. The van der Waals surface area contributed by atoms with Crippen LogP contribution in [0.2, 0.25) is 0 Å². The predicted octanol–water partition coefficient (Wildman–Crippen LogP) is 3.24. The average molecular weight is 481 g/mol. The van der Waals surface area contributed by atoms with Crippen molar-refractivity contribution in [2.45, 2.75) is 19.8 Å². The number of carbonyl (C=O) groups is 1. The zero-order valence-corrected chi connectivity index (χ0v) is 19.8. The van der Waals surface area contributed by atoms with Crippen LogP contribution in [0.4, 0.5) is 5.82 Å². The molecule has 7 nitrogen and oxygen atoms in total. The van der Waals surface area contributed by atoms with Gasteiger partial charge in [0.1, 0.15) is 15.8 Å². The Morgan fingerprint density at radius 2 is 1.97 bits per heavy atom. The number of aromatic nitrogens is 2. The topological polar surface area (TPSA) is 86.9 Å². The van der Waals surface area contributed by atoms with Crippen LogP contribution in [-0.4, -0.2) is 49.3 Å². The van der Waals surface area contributed by atoms with Crippen LogP contribution in [0.15, 0.2) is 58.4 Å². The number of thiocarbonyl (C=S) groups is 1. The zero-order valence-electron chi connectivity index (χ0n) is 18.2. The monoisotopic (exact) mass is 480 g/mol. The number of aliphatic hydroxyl groups is 1. The van der Waals surface area contributed by atoms with Crippen LogP contribution in [0.1, 0.15) is 23.1 Å². The van der Waals surface area contributed by atoms with E-state index in [1.807, 2.05) is 31.2 Å². The number of carbonyl (C=O) groups excluding carboxylic acids is 1. The Hall–Kier alpha value is -3.01. The fraction of sp³-hybridized carbons (Fsp3) is 0.250. The van der Waals surface area contributed by atoms with Crippen molar-refractivity contribution in [3.63, 3.8) is 0 Å². The summed E-state index contributed by atoms with van der Waals surface area (Å²) in [6, 6.07) is 13.7. The summed E-state index contributed by atoms with van der Waals surface area (Å²) in [5, 5.41) is 12.2. The normalized spacial score (nSPS) is 15.1. The number of hydrogen-bond acceptors (Lipinski definition) is 7. The number of aryl methyl sites for hydroxylation is 2. The van der Waals surface area contributed by atoms with Crippen molar-refractivity contribution in [3.8, 4) is 0 Å².